The first-order chi connectivity index (χ1) is 12.0. The van der Waals surface area contributed by atoms with Gasteiger partial charge >= 0.3 is 0 Å². The molecule has 3 rings (SSSR count). The molecule has 0 amide bonds. The first-order valence-electron chi connectivity index (χ1n) is 9.83. The van der Waals surface area contributed by atoms with Crippen molar-refractivity contribution in [3.63, 3.8) is 0 Å². The van der Waals surface area contributed by atoms with Gasteiger partial charge in [0.05, 0.1) is 0 Å². The minimum absolute atomic E-state index is 0.0974. The molecular weight excluding hydrogens is 312 g/mol. The van der Waals surface area contributed by atoms with Crippen LogP contribution in [0.4, 0.5) is 0 Å². The van der Waals surface area contributed by atoms with Crippen molar-refractivity contribution >= 4 is 0 Å². The molecule has 1 heterocycles. The van der Waals surface area contributed by atoms with Crippen LogP contribution in [-0.4, -0.2) is 66.9 Å². The van der Waals surface area contributed by atoms with Gasteiger partial charge in [0.25, 0.3) is 0 Å². The van der Waals surface area contributed by atoms with Gasteiger partial charge in [-0.25, -0.2) is 0 Å². The second kappa shape index (κ2) is 8.52. The van der Waals surface area contributed by atoms with Crippen LogP contribution in [0.1, 0.15) is 37.7 Å². The molecule has 1 aromatic rings. The summed E-state index contributed by atoms with van der Waals surface area (Å²) in [6.45, 7) is 5.55. The lowest BCUT2D eigenvalue weighted by Crippen LogP contribution is -2.53. The first-order valence-corrected chi connectivity index (χ1v) is 9.83. The summed E-state index contributed by atoms with van der Waals surface area (Å²) in [5.74, 6) is 1.66. The van der Waals surface area contributed by atoms with Crippen LogP contribution in [0, 0.1) is 12.8 Å². The number of hydrogen-bond acceptors (Lipinski definition) is 4. The van der Waals surface area contributed by atoms with Gasteiger partial charge in [-0.1, -0.05) is 18.2 Å². The normalized spacial score (nSPS) is 29.1. The number of rotatable bonds is 5. The summed E-state index contributed by atoms with van der Waals surface area (Å²) < 4.78 is 6.20. The van der Waals surface area contributed by atoms with Gasteiger partial charge in [0.2, 0.25) is 0 Å². The Balaban J connectivity index is 1.57. The molecule has 2 aliphatic rings. The van der Waals surface area contributed by atoms with Gasteiger partial charge in [-0.15, -0.1) is 0 Å². The van der Waals surface area contributed by atoms with E-state index in [-0.39, 0.29) is 12.1 Å². The van der Waals surface area contributed by atoms with E-state index in [1.165, 1.54) is 25.9 Å². The summed E-state index contributed by atoms with van der Waals surface area (Å²) in [6, 6.07) is 8.31. The predicted octanol–water partition coefficient (Wildman–Crippen LogP) is 2.93. The van der Waals surface area contributed by atoms with E-state index in [4.69, 9.17) is 4.74 Å². The van der Waals surface area contributed by atoms with Gasteiger partial charge in [-0.2, -0.15) is 0 Å². The molecule has 1 aliphatic heterocycles. The van der Waals surface area contributed by atoms with Crippen molar-refractivity contribution < 1.29 is 9.84 Å². The maximum absolute atomic E-state index is 10.9. The van der Waals surface area contributed by atoms with E-state index < -0.39 is 6.10 Å². The lowest BCUT2D eigenvalue weighted by molar-refractivity contribution is -0.0516. The van der Waals surface area contributed by atoms with E-state index in [0.717, 1.165) is 43.0 Å². The summed E-state index contributed by atoms with van der Waals surface area (Å²) >= 11 is 0. The summed E-state index contributed by atoms with van der Waals surface area (Å²) in [5, 5.41) is 10.9. The fraction of sp³-hybridized carbons (Fsp3) is 0.714. The van der Waals surface area contributed by atoms with Crippen molar-refractivity contribution in [2.45, 2.75) is 57.3 Å². The number of ether oxygens (including phenoxy) is 1. The number of nitrogens with zero attached hydrogens (tertiary/aromatic N) is 2. The molecule has 1 N–H and O–H groups in total. The molecule has 0 radical (unpaired) electrons. The summed E-state index contributed by atoms with van der Waals surface area (Å²) in [6.07, 6.45) is 5.16. The number of piperidine rings is 1. The Bertz CT molecular complexity index is 542. The molecule has 25 heavy (non-hydrogen) atoms. The molecule has 140 valence electrons. The molecule has 1 saturated heterocycles. The van der Waals surface area contributed by atoms with Crippen LogP contribution in [-0.2, 0) is 0 Å². The zero-order valence-electron chi connectivity index (χ0n) is 16.0. The highest BCUT2D eigenvalue weighted by atomic mass is 16.5. The van der Waals surface area contributed by atoms with Gasteiger partial charge in [0.15, 0.2) is 0 Å². The number of hydrogen-bond donors (Lipinski definition) is 1. The second-order valence-electron chi connectivity index (χ2n) is 8.10. The maximum Gasteiger partial charge on any atom is 0.126 e. The lowest BCUT2D eigenvalue weighted by atomic mass is 9.87. The smallest absolute Gasteiger partial charge is 0.126 e. The van der Waals surface area contributed by atoms with Crippen LogP contribution < -0.4 is 4.74 Å². The van der Waals surface area contributed by atoms with Crippen molar-refractivity contribution in [1.29, 1.82) is 0 Å². The molecule has 3 atom stereocenters. The van der Waals surface area contributed by atoms with Crippen molar-refractivity contribution in [3.8, 4) is 5.75 Å². The summed E-state index contributed by atoms with van der Waals surface area (Å²) in [5.41, 5.74) is 1.14. The standard InChI is InChI=1S/C21H34N2O2/c1-16-7-4-5-9-19(16)25-20-10-6-8-18(21(20)24)23(3)15-17-11-13-22(2)14-12-17/h4-5,7,9,17-18,20-21,24H,6,8,10-15H2,1-3H3/t18-,20+,21+/m0/s1. The van der Waals surface area contributed by atoms with Crippen molar-refractivity contribution in [2.24, 2.45) is 5.92 Å². The largest absolute Gasteiger partial charge is 0.487 e. The Morgan fingerprint density at radius 3 is 2.60 bits per heavy atom. The lowest BCUT2D eigenvalue weighted by Gasteiger charge is -2.41. The first kappa shape index (κ1) is 18.7. The molecule has 4 nitrogen and oxygen atoms in total. The molecule has 0 unspecified atom stereocenters. The van der Waals surface area contributed by atoms with Gasteiger partial charge in [-0.3, -0.25) is 0 Å². The molecule has 0 aromatic heterocycles. The molecule has 1 aromatic carbocycles. The molecule has 0 spiro atoms. The average molecular weight is 347 g/mol. The third-order valence-corrected chi connectivity index (χ3v) is 6.09. The van der Waals surface area contributed by atoms with Crippen molar-refractivity contribution in [3.05, 3.63) is 29.8 Å². The van der Waals surface area contributed by atoms with E-state index >= 15 is 0 Å². The minimum atomic E-state index is -0.412. The number of likely N-dealkylation sites (N-methyl/N-ethyl adjacent to an activating group) is 1. The van der Waals surface area contributed by atoms with Crippen LogP contribution in [0.5, 0.6) is 5.75 Å². The Labute approximate surface area is 152 Å². The number of aliphatic hydroxyl groups is 1. The highest BCUT2D eigenvalue weighted by Gasteiger charge is 2.36. The Morgan fingerprint density at radius 2 is 1.88 bits per heavy atom. The zero-order valence-corrected chi connectivity index (χ0v) is 16.0. The molecule has 2 fully saturated rings. The molecule has 1 saturated carbocycles. The maximum atomic E-state index is 10.9. The van der Waals surface area contributed by atoms with Gasteiger partial charge < -0.3 is 19.6 Å². The molecule has 1 aliphatic carbocycles. The van der Waals surface area contributed by atoms with Crippen LogP contribution in [0.2, 0.25) is 0 Å². The topological polar surface area (TPSA) is 35.9 Å². The van der Waals surface area contributed by atoms with E-state index in [0.29, 0.717) is 0 Å². The van der Waals surface area contributed by atoms with E-state index in [2.05, 4.69) is 36.9 Å². The highest BCUT2D eigenvalue weighted by molar-refractivity contribution is 5.32. The number of aryl methyl sites for hydroxylation is 1. The fourth-order valence-electron chi connectivity index (χ4n) is 4.37. The van der Waals surface area contributed by atoms with E-state index in [9.17, 15) is 5.11 Å². The minimum Gasteiger partial charge on any atom is -0.487 e. The Kier molecular flexibility index (Phi) is 6.37. The monoisotopic (exact) mass is 346 g/mol. The average Bonchev–Trinajstić information content (AvgIpc) is 2.60. The number of likely N-dealkylation sites (tertiary alicyclic amines) is 1. The predicted molar refractivity (Wildman–Crippen MR) is 102 cm³/mol. The SMILES string of the molecule is Cc1ccccc1O[C@@H]1CCC[C@H](N(C)CC2CCN(C)CC2)[C@H]1O. The third kappa shape index (κ3) is 4.75. The highest BCUT2D eigenvalue weighted by Crippen LogP contribution is 2.29. The number of benzene rings is 1. The van der Waals surface area contributed by atoms with Gasteiger partial charge in [-0.05, 0) is 83.8 Å². The molecule has 0 bridgehead atoms. The van der Waals surface area contributed by atoms with Crippen LogP contribution in [0.3, 0.4) is 0 Å². The summed E-state index contributed by atoms with van der Waals surface area (Å²) in [7, 11) is 4.39. The molecular formula is C21H34N2O2. The number of aliphatic hydroxyl groups excluding tert-OH is 1. The second-order valence-corrected chi connectivity index (χ2v) is 8.10. The zero-order chi connectivity index (χ0) is 17.8. The van der Waals surface area contributed by atoms with Crippen LogP contribution in [0.15, 0.2) is 24.3 Å². The third-order valence-electron chi connectivity index (χ3n) is 6.09. The van der Waals surface area contributed by atoms with Crippen molar-refractivity contribution in [1.82, 2.24) is 9.80 Å². The van der Waals surface area contributed by atoms with Crippen LogP contribution >= 0.6 is 0 Å². The number of para-hydroxylation sites is 1. The summed E-state index contributed by atoms with van der Waals surface area (Å²) in [4.78, 5) is 4.81. The van der Waals surface area contributed by atoms with Crippen molar-refractivity contribution in [2.75, 3.05) is 33.7 Å². The quantitative estimate of drug-likeness (QED) is 0.889. The fourth-order valence-corrected chi connectivity index (χ4v) is 4.37. The van der Waals surface area contributed by atoms with Crippen LogP contribution in [0.25, 0.3) is 0 Å². The Morgan fingerprint density at radius 1 is 1.16 bits per heavy atom. The Hall–Kier alpha value is -1.10. The molecule has 4 heteroatoms. The van der Waals surface area contributed by atoms with Gasteiger partial charge in [0, 0.05) is 12.6 Å². The van der Waals surface area contributed by atoms with E-state index in [1.807, 2.05) is 18.2 Å². The van der Waals surface area contributed by atoms with E-state index in [1.54, 1.807) is 0 Å². The van der Waals surface area contributed by atoms with Gasteiger partial charge in [0.1, 0.15) is 18.0 Å².